The molecule has 0 radical (unpaired) electrons. The maximum atomic E-state index is 12.5. The fourth-order valence-corrected chi connectivity index (χ4v) is 3.62. The average Bonchev–Trinajstić information content (AvgIpc) is 3.26. The monoisotopic (exact) mass is 421 g/mol. The van der Waals surface area contributed by atoms with Gasteiger partial charge in [0.15, 0.2) is 5.78 Å². The highest BCUT2D eigenvalue weighted by Crippen LogP contribution is 2.21. The summed E-state index contributed by atoms with van der Waals surface area (Å²) in [5, 5.41) is 0.665. The van der Waals surface area contributed by atoms with Crippen molar-refractivity contribution in [2.45, 2.75) is 25.9 Å². The number of carbonyl (C=O) groups is 1. The zero-order chi connectivity index (χ0) is 20.8. The lowest BCUT2D eigenvalue weighted by Crippen LogP contribution is -2.29. The molecular formula is C25H24ClNO3. The van der Waals surface area contributed by atoms with E-state index in [0.717, 1.165) is 18.8 Å². The first-order valence-corrected chi connectivity index (χ1v) is 10.6. The molecule has 1 saturated heterocycles. The van der Waals surface area contributed by atoms with Crippen molar-refractivity contribution >= 4 is 29.1 Å². The number of allylic oxidation sites excluding steroid dienone is 1. The molecule has 1 aromatic heterocycles. The predicted octanol–water partition coefficient (Wildman–Crippen LogP) is 6.40. The van der Waals surface area contributed by atoms with Gasteiger partial charge < -0.3 is 14.1 Å². The number of hydrogen-bond donors (Lipinski definition) is 0. The minimum Gasteiger partial charge on any atom is -0.486 e. The standard InChI is InChI=1S/C25H24ClNO3/c26-20-6-10-22(11-7-20)29-18-24-13-12-23(30-24)14-15-25(28)19-4-8-21(9-5-19)27-16-2-1-3-17-27/h4-15H,1-3,16-18H2/b15-14+. The Morgan fingerprint density at radius 3 is 2.43 bits per heavy atom. The molecule has 4 nitrogen and oxygen atoms in total. The number of carbonyl (C=O) groups excluding carboxylic acids is 1. The fraction of sp³-hybridized carbons (Fsp3) is 0.240. The molecule has 0 aliphatic carbocycles. The van der Waals surface area contributed by atoms with Crippen LogP contribution in [0.3, 0.4) is 0 Å². The third-order valence-electron chi connectivity index (χ3n) is 5.15. The van der Waals surface area contributed by atoms with E-state index in [1.807, 2.05) is 36.4 Å². The number of nitrogens with zero attached hydrogens (tertiary/aromatic N) is 1. The van der Waals surface area contributed by atoms with Crippen LogP contribution < -0.4 is 9.64 Å². The van der Waals surface area contributed by atoms with Gasteiger partial charge in [0.2, 0.25) is 0 Å². The van der Waals surface area contributed by atoms with E-state index in [9.17, 15) is 4.79 Å². The summed E-state index contributed by atoms with van der Waals surface area (Å²) >= 11 is 5.87. The Morgan fingerprint density at radius 2 is 1.70 bits per heavy atom. The smallest absolute Gasteiger partial charge is 0.185 e. The molecular weight excluding hydrogens is 398 g/mol. The number of benzene rings is 2. The summed E-state index contributed by atoms with van der Waals surface area (Å²) < 4.78 is 11.4. The molecule has 1 fully saturated rings. The Labute approximate surface area is 181 Å². The van der Waals surface area contributed by atoms with E-state index in [0.29, 0.717) is 28.7 Å². The minimum absolute atomic E-state index is 0.0458. The maximum Gasteiger partial charge on any atom is 0.185 e. The van der Waals surface area contributed by atoms with Crippen molar-refractivity contribution in [2.75, 3.05) is 18.0 Å². The van der Waals surface area contributed by atoms with Crippen molar-refractivity contribution in [3.63, 3.8) is 0 Å². The maximum absolute atomic E-state index is 12.5. The van der Waals surface area contributed by atoms with Crippen molar-refractivity contribution in [3.05, 3.63) is 88.8 Å². The molecule has 4 rings (SSSR count). The third-order valence-corrected chi connectivity index (χ3v) is 5.40. The van der Waals surface area contributed by atoms with E-state index in [-0.39, 0.29) is 5.78 Å². The van der Waals surface area contributed by atoms with E-state index in [1.54, 1.807) is 36.4 Å². The molecule has 1 aliphatic heterocycles. The molecule has 0 atom stereocenters. The fourth-order valence-electron chi connectivity index (χ4n) is 3.49. The van der Waals surface area contributed by atoms with Gasteiger partial charge in [-0.25, -0.2) is 0 Å². The second kappa shape index (κ2) is 9.68. The van der Waals surface area contributed by atoms with Crippen LogP contribution in [0.25, 0.3) is 6.08 Å². The van der Waals surface area contributed by atoms with Gasteiger partial charge in [0, 0.05) is 29.4 Å². The molecule has 0 amide bonds. The molecule has 30 heavy (non-hydrogen) atoms. The molecule has 3 aromatic rings. The summed E-state index contributed by atoms with van der Waals surface area (Å²) in [5.74, 6) is 1.97. The number of anilines is 1. The van der Waals surface area contributed by atoms with Crippen LogP contribution in [0.15, 0.2) is 71.2 Å². The van der Waals surface area contributed by atoms with Gasteiger partial charge >= 0.3 is 0 Å². The van der Waals surface area contributed by atoms with Crippen LogP contribution in [0, 0.1) is 0 Å². The zero-order valence-corrected chi connectivity index (χ0v) is 17.5. The lowest BCUT2D eigenvalue weighted by molar-refractivity contribution is 0.104. The highest BCUT2D eigenvalue weighted by molar-refractivity contribution is 6.30. The first-order chi connectivity index (χ1) is 14.7. The molecule has 2 aromatic carbocycles. The van der Waals surface area contributed by atoms with Crippen LogP contribution in [0.2, 0.25) is 5.02 Å². The van der Waals surface area contributed by atoms with E-state index in [1.165, 1.54) is 24.9 Å². The summed E-state index contributed by atoms with van der Waals surface area (Å²) in [6, 6.07) is 18.7. The van der Waals surface area contributed by atoms with Crippen molar-refractivity contribution in [2.24, 2.45) is 0 Å². The van der Waals surface area contributed by atoms with Gasteiger partial charge in [-0.05, 0) is 92.1 Å². The second-order valence-electron chi connectivity index (χ2n) is 7.34. The van der Waals surface area contributed by atoms with Crippen molar-refractivity contribution < 1.29 is 13.9 Å². The Kier molecular flexibility index (Phi) is 6.55. The van der Waals surface area contributed by atoms with Gasteiger partial charge in [0.05, 0.1) is 0 Å². The number of piperidine rings is 1. The lowest BCUT2D eigenvalue weighted by atomic mass is 10.1. The lowest BCUT2D eigenvalue weighted by Gasteiger charge is -2.28. The predicted molar refractivity (Wildman–Crippen MR) is 120 cm³/mol. The van der Waals surface area contributed by atoms with E-state index < -0.39 is 0 Å². The molecule has 0 saturated carbocycles. The molecule has 0 bridgehead atoms. The number of hydrogen-bond acceptors (Lipinski definition) is 4. The Hall–Kier alpha value is -2.98. The van der Waals surface area contributed by atoms with Crippen LogP contribution >= 0.6 is 11.6 Å². The first kappa shape index (κ1) is 20.3. The Morgan fingerprint density at radius 1 is 0.967 bits per heavy atom. The number of rotatable bonds is 7. The summed E-state index contributed by atoms with van der Waals surface area (Å²) in [6.45, 7) is 2.49. The van der Waals surface area contributed by atoms with Crippen molar-refractivity contribution in [1.29, 1.82) is 0 Å². The summed E-state index contributed by atoms with van der Waals surface area (Å²) in [6.07, 6.45) is 7.00. The summed E-state index contributed by atoms with van der Waals surface area (Å²) in [5.41, 5.74) is 1.86. The average molecular weight is 422 g/mol. The van der Waals surface area contributed by atoms with Crippen molar-refractivity contribution in [1.82, 2.24) is 0 Å². The van der Waals surface area contributed by atoms with Crippen LogP contribution in [0.5, 0.6) is 5.75 Å². The number of ether oxygens (including phenoxy) is 1. The molecule has 0 spiro atoms. The van der Waals surface area contributed by atoms with Crippen LogP contribution in [0.1, 0.15) is 41.1 Å². The molecule has 154 valence electrons. The second-order valence-corrected chi connectivity index (χ2v) is 7.78. The molecule has 0 unspecified atom stereocenters. The highest BCUT2D eigenvalue weighted by Gasteiger charge is 2.11. The molecule has 1 aliphatic rings. The Bertz CT molecular complexity index is 1000. The molecule has 0 N–H and O–H groups in total. The van der Waals surface area contributed by atoms with Crippen molar-refractivity contribution in [3.8, 4) is 5.75 Å². The number of halogens is 1. The zero-order valence-electron chi connectivity index (χ0n) is 16.7. The van der Waals surface area contributed by atoms with Gasteiger partial charge in [0.1, 0.15) is 23.9 Å². The summed E-state index contributed by atoms with van der Waals surface area (Å²) in [7, 11) is 0. The van der Waals surface area contributed by atoms with Gasteiger partial charge in [-0.1, -0.05) is 11.6 Å². The van der Waals surface area contributed by atoms with E-state index in [4.69, 9.17) is 20.8 Å². The number of furan rings is 1. The van der Waals surface area contributed by atoms with Crippen LogP contribution in [0.4, 0.5) is 5.69 Å². The highest BCUT2D eigenvalue weighted by atomic mass is 35.5. The first-order valence-electron chi connectivity index (χ1n) is 10.2. The SMILES string of the molecule is O=C(/C=C/c1ccc(COc2ccc(Cl)cc2)o1)c1ccc(N2CCCCC2)cc1. The normalized spacial score (nSPS) is 14.2. The number of ketones is 1. The largest absolute Gasteiger partial charge is 0.486 e. The van der Waals surface area contributed by atoms with Gasteiger partial charge in [0.25, 0.3) is 0 Å². The van der Waals surface area contributed by atoms with Gasteiger partial charge in [-0.2, -0.15) is 0 Å². The van der Waals surface area contributed by atoms with Crippen LogP contribution in [-0.2, 0) is 6.61 Å². The molecule has 5 heteroatoms. The van der Waals surface area contributed by atoms with Gasteiger partial charge in [-0.15, -0.1) is 0 Å². The van der Waals surface area contributed by atoms with E-state index >= 15 is 0 Å². The Balaban J connectivity index is 1.32. The topological polar surface area (TPSA) is 42.7 Å². The third kappa shape index (κ3) is 5.33. The van der Waals surface area contributed by atoms with E-state index in [2.05, 4.69) is 4.90 Å². The van der Waals surface area contributed by atoms with Crippen LogP contribution in [-0.4, -0.2) is 18.9 Å². The van der Waals surface area contributed by atoms with Gasteiger partial charge in [-0.3, -0.25) is 4.79 Å². The minimum atomic E-state index is -0.0458. The molecule has 2 heterocycles. The summed E-state index contributed by atoms with van der Waals surface area (Å²) in [4.78, 5) is 14.9. The quantitative estimate of drug-likeness (QED) is 0.327.